The molecule has 112 valence electrons. The zero-order chi connectivity index (χ0) is 15.5. The molecule has 0 aliphatic heterocycles. The molecule has 8 heteroatoms. The highest BCUT2D eigenvalue weighted by atomic mass is 79.9. The molecule has 0 radical (unpaired) electrons. The molecule has 0 aliphatic carbocycles. The Morgan fingerprint density at radius 1 is 1.50 bits per heavy atom. The lowest BCUT2D eigenvalue weighted by atomic mass is 10.2. The van der Waals surface area contributed by atoms with E-state index in [1.165, 1.54) is 12.1 Å². The Balaban J connectivity index is 3.19. The average molecular weight is 385 g/mol. The summed E-state index contributed by atoms with van der Waals surface area (Å²) in [5.74, 6) is -0.679. The largest absolute Gasteiger partial charge is 0.459 e. The lowest BCUT2D eigenvalue weighted by Gasteiger charge is -2.14. The number of sulfonamides is 1. The van der Waals surface area contributed by atoms with Crippen LogP contribution in [0.4, 0.5) is 0 Å². The summed E-state index contributed by atoms with van der Waals surface area (Å²) in [7, 11) is -4.02. The molecule has 0 heterocycles. The minimum absolute atomic E-state index is 0.0342. The van der Waals surface area contributed by atoms with Crippen LogP contribution in [-0.2, 0) is 14.8 Å². The quantitative estimate of drug-likeness (QED) is 0.790. The second kappa shape index (κ2) is 6.89. The molecule has 1 aromatic carbocycles. The number of carbonyl (C=O) groups excluding carboxylic acids is 1. The number of nitrogens with two attached hydrogens (primary N) is 1. The third-order valence-electron chi connectivity index (χ3n) is 2.53. The highest BCUT2D eigenvalue weighted by Gasteiger charge is 2.23. The van der Waals surface area contributed by atoms with Crippen LogP contribution in [-0.4, -0.2) is 20.5 Å². The molecule has 1 aromatic rings. The molecular weight excluding hydrogens is 370 g/mol. The zero-order valence-corrected chi connectivity index (χ0v) is 14.2. The Labute approximate surface area is 131 Å². The van der Waals surface area contributed by atoms with E-state index in [1.807, 2.05) is 6.92 Å². The van der Waals surface area contributed by atoms with E-state index in [-0.39, 0.29) is 21.6 Å². The maximum atomic E-state index is 12.0. The molecule has 0 saturated heterocycles. The summed E-state index contributed by atoms with van der Waals surface area (Å²) >= 11 is 9.06. The predicted octanol–water partition coefficient (Wildman–Crippen LogP) is 3.10. The van der Waals surface area contributed by atoms with E-state index in [1.54, 1.807) is 6.92 Å². The maximum absolute atomic E-state index is 12.0. The lowest BCUT2D eigenvalue weighted by Crippen LogP contribution is -2.18. The smallest absolute Gasteiger partial charge is 0.339 e. The van der Waals surface area contributed by atoms with E-state index >= 15 is 0 Å². The van der Waals surface area contributed by atoms with Gasteiger partial charge < -0.3 is 4.74 Å². The molecule has 1 atom stereocenters. The van der Waals surface area contributed by atoms with Gasteiger partial charge in [0, 0.05) is 4.47 Å². The van der Waals surface area contributed by atoms with E-state index in [4.69, 9.17) is 21.5 Å². The first-order valence-electron chi connectivity index (χ1n) is 5.89. The van der Waals surface area contributed by atoms with Gasteiger partial charge in [-0.2, -0.15) is 0 Å². The third-order valence-corrected chi connectivity index (χ3v) is 4.45. The average Bonchev–Trinajstić information content (AvgIpc) is 2.30. The minimum atomic E-state index is -4.02. The van der Waals surface area contributed by atoms with E-state index in [0.717, 1.165) is 6.42 Å². The van der Waals surface area contributed by atoms with Crippen molar-refractivity contribution in [2.45, 2.75) is 37.7 Å². The second-order valence-electron chi connectivity index (χ2n) is 4.32. The number of ether oxygens (including phenoxy) is 1. The zero-order valence-electron chi connectivity index (χ0n) is 11.0. The summed E-state index contributed by atoms with van der Waals surface area (Å²) in [4.78, 5) is 11.7. The molecule has 0 saturated carbocycles. The van der Waals surface area contributed by atoms with Crippen molar-refractivity contribution in [1.29, 1.82) is 0 Å². The molecular formula is C12H15BrClNO4S. The van der Waals surface area contributed by atoms with Gasteiger partial charge in [0.15, 0.2) is 0 Å². The Kier molecular flexibility index (Phi) is 6.00. The van der Waals surface area contributed by atoms with Crippen molar-refractivity contribution in [2.24, 2.45) is 5.14 Å². The van der Waals surface area contributed by atoms with Crippen molar-refractivity contribution in [3.63, 3.8) is 0 Å². The van der Waals surface area contributed by atoms with Crippen LogP contribution in [0.15, 0.2) is 21.5 Å². The highest BCUT2D eigenvalue weighted by Crippen LogP contribution is 2.29. The molecule has 0 fully saturated rings. The van der Waals surface area contributed by atoms with Crippen molar-refractivity contribution in [3.05, 3.63) is 27.2 Å². The predicted molar refractivity (Wildman–Crippen MR) is 80.3 cm³/mol. The van der Waals surface area contributed by atoms with Gasteiger partial charge in [-0.05, 0) is 25.5 Å². The number of benzene rings is 1. The number of halogens is 2. The normalized spacial score (nSPS) is 13.1. The van der Waals surface area contributed by atoms with Gasteiger partial charge in [0.25, 0.3) is 0 Å². The van der Waals surface area contributed by atoms with Crippen molar-refractivity contribution >= 4 is 43.5 Å². The number of carbonyl (C=O) groups is 1. The first-order valence-corrected chi connectivity index (χ1v) is 8.61. The first kappa shape index (κ1) is 17.4. The summed E-state index contributed by atoms with van der Waals surface area (Å²) in [5, 5.41) is 4.83. The lowest BCUT2D eigenvalue weighted by molar-refractivity contribution is 0.0323. The van der Waals surface area contributed by atoms with Gasteiger partial charge in [-0.15, -0.1) is 0 Å². The number of hydrogen-bond donors (Lipinski definition) is 1. The number of rotatable bonds is 5. The topological polar surface area (TPSA) is 86.5 Å². The Hall–Kier alpha value is -0.630. The van der Waals surface area contributed by atoms with Crippen LogP contribution in [0, 0.1) is 0 Å². The molecule has 0 aliphatic rings. The molecule has 20 heavy (non-hydrogen) atoms. The molecule has 0 spiro atoms. The summed E-state index contributed by atoms with van der Waals surface area (Å²) in [6, 6.07) is 2.64. The molecule has 0 aromatic heterocycles. The fourth-order valence-electron chi connectivity index (χ4n) is 1.63. The monoisotopic (exact) mass is 383 g/mol. The van der Waals surface area contributed by atoms with E-state index < -0.39 is 16.0 Å². The van der Waals surface area contributed by atoms with Crippen LogP contribution in [0.5, 0.6) is 0 Å². The van der Waals surface area contributed by atoms with Gasteiger partial charge >= 0.3 is 5.97 Å². The summed E-state index contributed by atoms with van der Waals surface area (Å²) < 4.78 is 28.4. The van der Waals surface area contributed by atoms with Crippen LogP contribution < -0.4 is 5.14 Å². The second-order valence-corrected chi connectivity index (χ2v) is 7.14. The summed E-state index contributed by atoms with van der Waals surface area (Å²) in [6.45, 7) is 3.73. The number of hydrogen-bond acceptors (Lipinski definition) is 4. The highest BCUT2D eigenvalue weighted by molar-refractivity contribution is 9.10. The standard InChI is InChI=1S/C12H15BrClNO4S/c1-3-4-7(2)19-12(16)9-5-8(13)6-10(11(9)14)20(15,17)18/h5-7H,3-4H2,1-2H3,(H2,15,17,18). The Morgan fingerprint density at radius 2 is 2.10 bits per heavy atom. The van der Waals surface area contributed by atoms with Gasteiger partial charge in [0.2, 0.25) is 10.0 Å². The van der Waals surface area contributed by atoms with Gasteiger partial charge in [0.05, 0.1) is 16.7 Å². The Morgan fingerprint density at radius 3 is 2.60 bits per heavy atom. The molecule has 0 amide bonds. The van der Waals surface area contributed by atoms with E-state index in [9.17, 15) is 13.2 Å². The third kappa shape index (κ3) is 4.44. The van der Waals surface area contributed by atoms with Crippen molar-refractivity contribution in [2.75, 3.05) is 0 Å². The van der Waals surface area contributed by atoms with Gasteiger partial charge in [-0.3, -0.25) is 0 Å². The molecule has 0 bridgehead atoms. The van der Waals surface area contributed by atoms with E-state index in [2.05, 4.69) is 15.9 Å². The summed E-state index contributed by atoms with van der Waals surface area (Å²) in [6.07, 6.45) is 1.29. The van der Waals surface area contributed by atoms with Crippen molar-refractivity contribution in [3.8, 4) is 0 Å². The van der Waals surface area contributed by atoms with E-state index in [0.29, 0.717) is 10.9 Å². The minimum Gasteiger partial charge on any atom is -0.459 e. The first-order chi connectivity index (χ1) is 9.16. The summed E-state index contributed by atoms with van der Waals surface area (Å²) in [5.41, 5.74) is -0.0342. The number of primary sulfonamides is 1. The van der Waals surface area contributed by atoms with Crippen LogP contribution in [0.25, 0.3) is 0 Å². The number of esters is 1. The van der Waals surface area contributed by atoms with Crippen LogP contribution >= 0.6 is 27.5 Å². The van der Waals surface area contributed by atoms with Gasteiger partial charge in [0.1, 0.15) is 4.90 Å². The van der Waals surface area contributed by atoms with Crippen molar-refractivity contribution < 1.29 is 17.9 Å². The fourth-order valence-corrected chi connectivity index (χ4v) is 3.40. The van der Waals surface area contributed by atoms with Crippen LogP contribution in [0.2, 0.25) is 5.02 Å². The molecule has 1 rings (SSSR count). The van der Waals surface area contributed by atoms with Gasteiger partial charge in [-0.1, -0.05) is 40.9 Å². The van der Waals surface area contributed by atoms with Gasteiger partial charge in [-0.25, -0.2) is 18.4 Å². The molecule has 2 N–H and O–H groups in total. The molecule has 1 unspecified atom stereocenters. The molecule has 5 nitrogen and oxygen atoms in total. The fraction of sp³-hybridized carbons (Fsp3) is 0.417. The Bertz CT molecular complexity index is 618. The SMILES string of the molecule is CCCC(C)OC(=O)c1cc(Br)cc(S(N)(=O)=O)c1Cl. The van der Waals surface area contributed by atoms with Crippen molar-refractivity contribution in [1.82, 2.24) is 0 Å². The van der Waals surface area contributed by atoms with Crippen LogP contribution in [0.3, 0.4) is 0 Å². The maximum Gasteiger partial charge on any atom is 0.339 e. The van der Waals surface area contributed by atoms with Crippen LogP contribution in [0.1, 0.15) is 37.0 Å².